The van der Waals surface area contributed by atoms with Gasteiger partial charge in [-0.1, -0.05) is 17.5 Å². The number of aromatic nitrogens is 9. The summed E-state index contributed by atoms with van der Waals surface area (Å²) in [4.78, 5) is 30.5. The van der Waals surface area contributed by atoms with Crippen LogP contribution >= 0.6 is 19.0 Å². The first-order valence-electron chi connectivity index (χ1n) is 11.6. The smallest absolute Gasteiger partial charge is 0.382 e. The number of hydrogen-bond donors (Lipinski definition) is 4. The molecule has 40 heavy (non-hydrogen) atoms. The molecule has 7 rings (SSSR count). The molecule has 0 saturated carbocycles. The number of alkyl halides is 1. The molecule has 212 valence electrons. The van der Waals surface area contributed by atoms with Crippen molar-refractivity contribution >= 4 is 53.1 Å². The number of H-pyrrole nitrogens is 1. The molecule has 3 fully saturated rings. The highest BCUT2D eigenvalue weighted by molar-refractivity contribution is 8.44. The van der Waals surface area contributed by atoms with Crippen LogP contribution in [-0.4, -0.2) is 82.5 Å². The molecule has 3 aliphatic rings. The lowest BCUT2D eigenvalue weighted by Gasteiger charge is -2.47. The zero-order chi connectivity index (χ0) is 27.8. The largest absolute Gasteiger partial charge is 0.386 e. The Morgan fingerprint density at radius 1 is 1.18 bits per heavy atom. The molecule has 19 nitrogen and oxygen atoms in total. The fraction of sp³-hybridized carbons (Fsp3) is 0.500. The predicted octanol–water partition coefficient (Wildman–Crippen LogP) is -0.445. The number of nitrogens with two attached hydrogens (primary N) is 2. The minimum absolute atomic E-state index is 0.00635. The van der Waals surface area contributed by atoms with Gasteiger partial charge in [0.2, 0.25) is 5.95 Å². The van der Waals surface area contributed by atoms with Gasteiger partial charge in [-0.15, -0.1) is 5.10 Å². The predicted molar refractivity (Wildman–Crippen MR) is 131 cm³/mol. The molecule has 7 atom stereocenters. The average Bonchev–Trinajstić information content (AvgIpc) is 3.61. The Kier molecular flexibility index (Phi) is 5.84. The van der Waals surface area contributed by atoms with E-state index in [4.69, 9.17) is 39.5 Å². The summed E-state index contributed by atoms with van der Waals surface area (Å²) in [7, 11) is 0. The van der Waals surface area contributed by atoms with Gasteiger partial charge < -0.3 is 30.4 Å². The number of imidazole rings is 1. The van der Waals surface area contributed by atoms with E-state index in [1.165, 1.54) is 10.9 Å². The van der Waals surface area contributed by atoms with Gasteiger partial charge in [0.05, 0.1) is 12.9 Å². The molecule has 22 heteroatoms. The molecule has 0 aromatic carbocycles. The lowest BCUT2D eigenvalue weighted by molar-refractivity contribution is -0.421. The van der Waals surface area contributed by atoms with Gasteiger partial charge in [0.15, 0.2) is 53.6 Å². The third kappa shape index (κ3) is 4.05. The molecule has 2 bridgehead atoms. The van der Waals surface area contributed by atoms with Crippen LogP contribution in [0.25, 0.3) is 22.3 Å². The van der Waals surface area contributed by atoms with E-state index in [2.05, 4.69) is 47.5 Å². The van der Waals surface area contributed by atoms with Gasteiger partial charge in [0.25, 0.3) is 5.56 Å². The number of nitrogens with zero attached hydrogens (tertiary/aromatic N) is 8. The molecule has 0 aliphatic carbocycles. The molecule has 0 radical (unpaired) electrons. The number of hydrogen-bond acceptors (Lipinski definition) is 16. The van der Waals surface area contributed by atoms with Gasteiger partial charge in [-0.3, -0.25) is 23.4 Å². The van der Waals surface area contributed by atoms with Gasteiger partial charge in [0, 0.05) is 6.42 Å². The average molecular weight is 599 g/mol. The topological polar surface area (TPSA) is 245 Å². The molecule has 4 aromatic rings. The Labute approximate surface area is 225 Å². The standard InChI is InChI=1S/C18H19FN11O8PS/c19-18(30-13-9(27-28-30)12(20)22-3-23-13)11-7(37-18)2-35-39(32,40)38-6-1-8(33-5-34-11)36-16(6)29-4-24-10-14(29)25-17(21)26-15(10)31/h3-4,6-8,11,16H,1-2,5H2,(H,32,40)(H2,20,22,23)(H3,21,25,26,31)/t6-,7?,8-,11?,16?,18?,39?/m0/s1. The monoisotopic (exact) mass is 599 g/mol. The van der Waals surface area contributed by atoms with Crippen LogP contribution in [0.1, 0.15) is 12.6 Å². The van der Waals surface area contributed by atoms with Crippen molar-refractivity contribution < 1.29 is 37.0 Å². The summed E-state index contributed by atoms with van der Waals surface area (Å²) in [6.45, 7) is -5.00. The maximum absolute atomic E-state index is 16.1. The first-order valence-corrected chi connectivity index (χ1v) is 14.3. The number of fused-ring (bicyclic) bond motifs is 5. The van der Waals surface area contributed by atoms with Gasteiger partial charge in [-0.05, 0) is 0 Å². The number of thiol groups is 1. The van der Waals surface area contributed by atoms with E-state index in [0.29, 0.717) is 0 Å². The fourth-order valence-corrected chi connectivity index (χ4v) is 6.20. The Balaban J connectivity index is 1.17. The van der Waals surface area contributed by atoms with Crippen LogP contribution < -0.4 is 17.0 Å². The fourth-order valence-electron chi connectivity index (χ4n) is 4.71. The quantitative estimate of drug-likeness (QED) is 0.168. The lowest BCUT2D eigenvalue weighted by atomic mass is 10.1. The van der Waals surface area contributed by atoms with Crippen molar-refractivity contribution in [3.05, 3.63) is 23.0 Å². The van der Waals surface area contributed by atoms with E-state index in [9.17, 15) is 9.36 Å². The summed E-state index contributed by atoms with van der Waals surface area (Å²) in [5.41, 5.74) is 11.0. The molecule has 7 heterocycles. The minimum Gasteiger partial charge on any atom is -0.382 e. The Morgan fingerprint density at radius 2 is 2.02 bits per heavy atom. The third-order valence-corrected chi connectivity index (χ3v) is 8.13. The summed E-state index contributed by atoms with van der Waals surface area (Å²) < 4.78 is 65.3. The van der Waals surface area contributed by atoms with E-state index < -0.39 is 62.6 Å². The van der Waals surface area contributed by atoms with Crippen molar-refractivity contribution in [2.24, 2.45) is 0 Å². The van der Waals surface area contributed by atoms with Crippen LogP contribution in [0.2, 0.25) is 0 Å². The van der Waals surface area contributed by atoms with Crippen molar-refractivity contribution in [3.63, 3.8) is 0 Å². The van der Waals surface area contributed by atoms with Crippen LogP contribution in [-0.2, 0) is 38.5 Å². The maximum atomic E-state index is 16.1. The second kappa shape index (κ2) is 9.11. The summed E-state index contributed by atoms with van der Waals surface area (Å²) in [6, 6.07) is 0. The zero-order valence-corrected chi connectivity index (χ0v) is 21.7. The maximum Gasteiger partial charge on any atom is 0.386 e. The van der Waals surface area contributed by atoms with Gasteiger partial charge >= 0.3 is 12.8 Å². The highest BCUT2D eigenvalue weighted by Gasteiger charge is 2.62. The van der Waals surface area contributed by atoms with Crippen molar-refractivity contribution in [1.29, 1.82) is 0 Å². The van der Waals surface area contributed by atoms with Crippen LogP contribution in [0.4, 0.5) is 16.2 Å². The minimum atomic E-state index is -4.10. The number of nitrogens with one attached hydrogen (secondary N) is 1. The first kappa shape index (κ1) is 25.7. The highest BCUT2D eigenvalue weighted by atomic mass is 32.7. The number of ether oxygens (including phenoxy) is 4. The molecular formula is C18H19FN11O8PS. The lowest BCUT2D eigenvalue weighted by Crippen LogP contribution is -2.65. The first-order chi connectivity index (χ1) is 19.1. The van der Waals surface area contributed by atoms with E-state index in [0.717, 1.165) is 11.0 Å². The van der Waals surface area contributed by atoms with E-state index in [-0.39, 0.29) is 40.5 Å². The van der Waals surface area contributed by atoms with Crippen LogP contribution in [0.5, 0.6) is 0 Å². The second-order valence-electron chi connectivity index (χ2n) is 8.94. The van der Waals surface area contributed by atoms with Crippen molar-refractivity contribution in [1.82, 2.24) is 44.5 Å². The Bertz CT molecular complexity index is 1740. The molecule has 0 spiro atoms. The summed E-state index contributed by atoms with van der Waals surface area (Å²) >= 11 is 4.06. The van der Waals surface area contributed by atoms with Crippen molar-refractivity contribution in [2.45, 2.75) is 43.2 Å². The van der Waals surface area contributed by atoms with Gasteiger partial charge in [-0.2, -0.15) is 14.1 Å². The van der Waals surface area contributed by atoms with Crippen LogP contribution in [0.3, 0.4) is 0 Å². The van der Waals surface area contributed by atoms with Gasteiger partial charge in [0.1, 0.15) is 18.5 Å². The number of aromatic amines is 1. The van der Waals surface area contributed by atoms with E-state index in [1.807, 2.05) is 0 Å². The van der Waals surface area contributed by atoms with Gasteiger partial charge in [-0.25, -0.2) is 19.5 Å². The third-order valence-electron chi connectivity index (χ3n) is 6.49. The summed E-state index contributed by atoms with van der Waals surface area (Å²) in [6.07, 6.45) is -3.02. The number of nitrogen functional groups attached to an aromatic ring is 2. The normalized spacial score (nSPS) is 34.7. The van der Waals surface area contributed by atoms with Crippen molar-refractivity contribution in [3.8, 4) is 0 Å². The Hall–Kier alpha value is -3.30. The summed E-state index contributed by atoms with van der Waals surface area (Å²) in [5, 5.41) is 7.58. The molecule has 5 N–H and O–H groups in total. The van der Waals surface area contributed by atoms with E-state index >= 15 is 4.39 Å². The highest BCUT2D eigenvalue weighted by Crippen LogP contribution is 2.58. The molecule has 0 amide bonds. The molecule has 5 unspecified atom stereocenters. The summed E-state index contributed by atoms with van der Waals surface area (Å²) in [5.74, 6) is -2.86. The number of halogens is 1. The zero-order valence-electron chi connectivity index (χ0n) is 19.9. The number of rotatable bonds is 2. The second-order valence-corrected chi connectivity index (χ2v) is 11.8. The molecular weight excluding hydrogens is 580 g/mol. The molecule has 3 aliphatic heterocycles. The Morgan fingerprint density at radius 3 is 2.88 bits per heavy atom. The van der Waals surface area contributed by atoms with Crippen LogP contribution in [0, 0.1) is 0 Å². The molecule has 3 saturated heterocycles. The van der Waals surface area contributed by atoms with Crippen molar-refractivity contribution in [2.75, 3.05) is 24.9 Å². The van der Waals surface area contributed by atoms with Crippen LogP contribution in [0.15, 0.2) is 17.4 Å². The SMILES string of the molecule is Nc1nc2c(ncn2C2O[C@H]3C[C@@H]2OP(=O)(S)OCC2OC(F)(n4nnc5c(N)ncnc54)C2OCO3)c(=O)[nH]1. The van der Waals surface area contributed by atoms with E-state index in [1.54, 1.807) is 0 Å². The molecule has 4 aromatic heterocycles. The number of anilines is 2.